The minimum Gasteiger partial charge on any atom is -0.0928 e. The molecular weight excluding hydrogens is 260 g/mol. The highest BCUT2D eigenvalue weighted by Gasteiger charge is 2.35. The lowest BCUT2D eigenvalue weighted by molar-refractivity contribution is 0.116. The van der Waals surface area contributed by atoms with Crippen molar-refractivity contribution in [3.8, 4) is 0 Å². The summed E-state index contributed by atoms with van der Waals surface area (Å²) >= 11 is 3.52. The molecule has 0 saturated heterocycles. The maximum atomic E-state index is 3.52. The van der Waals surface area contributed by atoms with Gasteiger partial charge in [0, 0.05) is 5.33 Å². The van der Waals surface area contributed by atoms with Gasteiger partial charge in [0.2, 0.25) is 0 Å². The molecule has 1 aromatic rings. The predicted octanol–water partition coefficient (Wildman–Crippen LogP) is 4.96. The lowest BCUT2D eigenvalue weighted by Gasteiger charge is -2.42. The van der Waals surface area contributed by atoms with Crippen molar-refractivity contribution in [2.75, 3.05) is 5.33 Å². The van der Waals surface area contributed by atoms with Crippen molar-refractivity contribution in [1.29, 1.82) is 0 Å². The van der Waals surface area contributed by atoms with Crippen molar-refractivity contribution in [1.82, 2.24) is 0 Å². The summed E-state index contributed by atoms with van der Waals surface area (Å²) < 4.78 is 0. The maximum Gasteiger partial charge on any atom is 0.00313 e. The molecule has 0 bridgehead atoms. The first-order valence-corrected chi connectivity index (χ1v) is 7.57. The number of hydrogen-bond acceptors (Lipinski definition) is 0. The van der Waals surface area contributed by atoms with Gasteiger partial charge in [-0.25, -0.2) is 0 Å². The number of alkyl halides is 1. The molecule has 1 aliphatic carbocycles. The normalized spacial score (nSPS) is 18.1. The lowest BCUT2D eigenvalue weighted by atomic mass is 9.63. The Labute approximate surface area is 108 Å². The fourth-order valence-corrected chi connectivity index (χ4v) is 3.21. The topological polar surface area (TPSA) is 0 Å². The summed E-state index contributed by atoms with van der Waals surface area (Å²) in [5.41, 5.74) is 2.19. The average Bonchev–Trinajstić information content (AvgIpc) is 2.27. The Morgan fingerprint density at radius 3 is 2.38 bits per heavy atom. The zero-order valence-electron chi connectivity index (χ0n) is 9.92. The summed E-state index contributed by atoms with van der Waals surface area (Å²) in [5, 5.41) is 1.16. The molecule has 0 aliphatic heterocycles. The molecule has 1 aromatic carbocycles. The highest BCUT2D eigenvalue weighted by molar-refractivity contribution is 9.09. The van der Waals surface area contributed by atoms with Crippen LogP contribution in [0.2, 0.25) is 0 Å². The van der Waals surface area contributed by atoms with Crippen molar-refractivity contribution in [3.05, 3.63) is 35.9 Å². The standard InChI is InChI=1S/C15H21Br/c16-12-5-4-9-15(10-6-11-15)13-14-7-2-1-3-8-14/h1-3,7-8H,4-6,9-13H2. The van der Waals surface area contributed by atoms with Gasteiger partial charge in [0.25, 0.3) is 0 Å². The second-order valence-electron chi connectivity index (χ2n) is 5.16. The van der Waals surface area contributed by atoms with Crippen LogP contribution >= 0.6 is 15.9 Å². The Morgan fingerprint density at radius 1 is 1.06 bits per heavy atom. The van der Waals surface area contributed by atoms with Gasteiger partial charge in [0.1, 0.15) is 0 Å². The summed E-state index contributed by atoms with van der Waals surface area (Å²) in [6.07, 6.45) is 9.79. The van der Waals surface area contributed by atoms with E-state index in [0.717, 1.165) is 5.33 Å². The molecule has 0 atom stereocenters. The Bertz CT molecular complexity index is 300. The number of benzene rings is 1. The third-order valence-electron chi connectivity index (χ3n) is 3.93. The van der Waals surface area contributed by atoms with E-state index < -0.39 is 0 Å². The van der Waals surface area contributed by atoms with Crippen LogP contribution < -0.4 is 0 Å². The van der Waals surface area contributed by atoms with Gasteiger partial charge < -0.3 is 0 Å². The number of halogens is 1. The van der Waals surface area contributed by atoms with E-state index in [-0.39, 0.29) is 0 Å². The molecule has 0 aromatic heterocycles. The van der Waals surface area contributed by atoms with E-state index in [9.17, 15) is 0 Å². The molecule has 0 N–H and O–H groups in total. The first-order chi connectivity index (χ1) is 7.85. The Morgan fingerprint density at radius 2 is 1.81 bits per heavy atom. The summed E-state index contributed by atoms with van der Waals surface area (Å²) in [6.45, 7) is 0. The van der Waals surface area contributed by atoms with E-state index in [1.165, 1.54) is 50.5 Å². The van der Waals surface area contributed by atoms with Gasteiger partial charge in [-0.05, 0) is 43.1 Å². The minimum absolute atomic E-state index is 0.656. The van der Waals surface area contributed by atoms with Crippen molar-refractivity contribution < 1.29 is 0 Å². The van der Waals surface area contributed by atoms with Gasteiger partial charge in [-0.15, -0.1) is 0 Å². The summed E-state index contributed by atoms with van der Waals surface area (Å²) in [6, 6.07) is 11.0. The van der Waals surface area contributed by atoms with Gasteiger partial charge in [-0.1, -0.05) is 59.1 Å². The van der Waals surface area contributed by atoms with Crippen LogP contribution in [0.1, 0.15) is 44.1 Å². The molecule has 88 valence electrons. The first-order valence-electron chi connectivity index (χ1n) is 6.45. The quantitative estimate of drug-likeness (QED) is 0.510. The fourth-order valence-electron chi connectivity index (χ4n) is 2.82. The van der Waals surface area contributed by atoms with E-state index in [2.05, 4.69) is 46.3 Å². The van der Waals surface area contributed by atoms with Crippen LogP contribution in [0.15, 0.2) is 30.3 Å². The van der Waals surface area contributed by atoms with Crippen LogP contribution in [0, 0.1) is 5.41 Å². The molecule has 0 heterocycles. The Balaban J connectivity index is 1.89. The molecule has 0 unspecified atom stereocenters. The molecule has 0 spiro atoms. The van der Waals surface area contributed by atoms with E-state index in [1.54, 1.807) is 0 Å². The minimum atomic E-state index is 0.656. The van der Waals surface area contributed by atoms with Crippen LogP contribution in [-0.4, -0.2) is 5.33 Å². The SMILES string of the molecule is BrCCCCC1(Cc2ccccc2)CCC1. The molecule has 1 aliphatic rings. The molecule has 2 rings (SSSR count). The smallest absolute Gasteiger partial charge is 0.00313 e. The van der Waals surface area contributed by atoms with Crippen LogP contribution in [-0.2, 0) is 6.42 Å². The molecular formula is C15H21Br. The van der Waals surface area contributed by atoms with Crippen molar-refractivity contribution >= 4 is 15.9 Å². The zero-order chi connectivity index (χ0) is 11.3. The molecule has 0 radical (unpaired) electrons. The first kappa shape index (κ1) is 12.2. The third-order valence-corrected chi connectivity index (χ3v) is 4.49. The van der Waals surface area contributed by atoms with Gasteiger partial charge in [0.15, 0.2) is 0 Å². The molecule has 0 nitrogen and oxygen atoms in total. The lowest BCUT2D eigenvalue weighted by Crippen LogP contribution is -2.31. The summed E-state index contributed by atoms with van der Waals surface area (Å²) in [5.74, 6) is 0. The second kappa shape index (κ2) is 5.86. The van der Waals surface area contributed by atoms with Crippen LogP contribution in [0.5, 0.6) is 0 Å². The van der Waals surface area contributed by atoms with E-state index in [0.29, 0.717) is 5.41 Å². The second-order valence-corrected chi connectivity index (χ2v) is 5.96. The van der Waals surface area contributed by atoms with Gasteiger partial charge in [-0.2, -0.15) is 0 Å². The third kappa shape index (κ3) is 3.10. The molecule has 1 fully saturated rings. The largest absolute Gasteiger partial charge is 0.0928 e. The monoisotopic (exact) mass is 280 g/mol. The average molecular weight is 281 g/mol. The number of unbranched alkanes of at least 4 members (excludes halogenated alkanes) is 1. The summed E-state index contributed by atoms with van der Waals surface area (Å²) in [7, 11) is 0. The Hall–Kier alpha value is -0.300. The highest BCUT2D eigenvalue weighted by atomic mass is 79.9. The molecule has 1 saturated carbocycles. The van der Waals surface area contributed by atoms with Gasteiger partial charge in [0.05, 0.1) is 0 Å². The predicted molar refractivity (Wildman–Crippen MR) is 74.1 cm³/mol. The number of hydrogen-bond donors (Lipinski definition) is 0. The van der Waals surface area contributed by atoms with Gasteiger partial charge in [-0.3, -0.25) is 0 Å². The molecule has 16 heavy (non-hydrogen) atoms. The van der Waals surface area contributed by atoms with Crippen molar-refractivity contribution in [2.24, 2.45) is 5.41 Å². The zero-order valence-corrected chi connectivity index (χ0v) is 11.5. The van der Waals surface area contributed by atoms with Crippen LogP contribution in [0.3, 0.4) is 0 Å². The Kier molecular flexibility index (Phi) is 4.45. The molecule has 1 heteroatoms. The highest BCUT2D eigenvalue weighted by Crippen LogP contribution is 2.47. The summed E-state index contributed by atoms with van der Waals surface area (Å²) in [4.78, 5) is 0. The number of rotatable bonds is 6. The van der Waals surface area contributed by atoms with E-state index in [4.69, 9.17) is 0 Å². The van der Waals surface area contributed by atoms with Crippen LogP contribution in [0.25, 0.3) is 0 Å². The van der Waals surface area contributed by atoms with Crippen molar-refractivity contribution in [2.45, 2.75) is 44.9 Å². The van der Waals surface area contributed by atoms with E-state index in [1.807, 2.05) is 0 Å². The van der Waals surface area contributed by atoms with E-state index >= 15 is 0 Å². The van der Waals surface area contributed by atoms with Crippen molar-refractivity contribution in [3.63, 3.8) is 0 Å². The maximum absolute atomic E-state index is 3.52. The molecule has 0 amide bonds. The fraction of sp³-hybridized carbons (Fsp3) is 0.600. The van der Waals surface area contributed by atoms with Gasteiger partial charge >= 0.3 is 0 Å². The van der Waals surface area contributed by atoms with Crippen LogP contribution in [0.4, 0.5) is 0 Å².